The number of carbonyl (C=O) groups is 6. The van der Waals surface area contributed by atoms with Crippen LogP contribution in [0.5, 0.6) is 0 Å². The molecule has 0 spiro atoms. The molecule has 30 heavy (non-hydrogen) atoms. The Balaban J connectivity index is -0.00000364. The number of carbonyl (C=O) groups excluding carboxylic acids is 6. The predicted molar refractivity (Wildman–Crippen MR) is 83.8 cm³/mol. The van der Waals surface area contributed by atoms with E-state index in [2.05, 4.69) is 9.47 Å². The van der Waals surface area contributed by atoms with E-state index in [9.17, 15) is 39.0 Å². The number of carboxylic acid groups (broad SMARTS) is 2. The molecule has 0 heterocycles. The van der Waals surface area contributed by atoms with Crippen molar-refractivity contribution in [3.05, 3.63) is 0 Å². The van der Waals surface area contributed by atoms with Gasteiger partial charge in [0, 0.05) is 31.3 Å². The molecule has 0 radical (unpaired) electrons. The van der Waals surface area contributed by atoms with Gasteiger partial charge in [0.1, 0.15) is 6.04 Å². The molecular formula is C15H21K2N3O10. The number of rotatable bonds is 12. The number of ether oxygens (including phenoxy) is 2. The third-order valence-electron chi connectivity index (χ3n) is 3.33. The van der Waals surface area contributed by atoms with Gasteiger partial charge in [-0.15, -0.1) is 0 Å². The normalized spacial score (nSPS) is 12.8. The molecule has 0 aromatic rings. The Morgan fingerprint density at radius 3 is 1.23 bits per heavy atom. The number of carboxylic acids is 2. The van der Waals surface area contributed by atoms with Gasteiger partial charge in [0.25, 0.3) is 0 Å². The van der Waals surface area contributed by atoms with Crippen molar-refractivity contribution < 1.29 is 151 Å². The summed E-state index contributed by atoms with van der Waals surface area (Å²) in [7, 11) is 0. The van der Waals surface area contributed by atoms with Crippen LogP contribution in [0.3, 0.4) is 0 Å². The van der Waals surface area contributed by atoms with Crippen molar-refractivity contribution in [3.8, 4) is 0 Å². The molecule has 0 saturated heterocycles. The van der Waals surface area contributed by atoms with Crippen LogP contribution in [-0.4, -0.2) is 53.9 Å². The molecule has 0 rings (SSSR count). The van der Waals surface area contributed by atoms with Crippen molar-refractivity contribution in [1.82, 2.24) is 0 Å². The molecule has 0 unspecified atom stereocenters. The molecule has 6 N–H and O–H groups in total. The van der Waals surface area contributed by atoms with Crippen molar-refractivity contribution in [2.45, 2.75) is 56.7 Å². The first-order chi connectivity index (χ1) is 12.9. The molecule has 0 aliphatic carbocycles. The molecule has 0 saturated carbocycles. The van der Waals surface area contributed by atoms with Crippen molar-refractivity contribution >= 4 is 35.8 Å². The van der Waals surface area contributed by atoms with E-state index < -0.39 is 73.2 Å². The molecule has 158 valence electrons. The molecular weight excluding hydrogens is 460 g/mol. The van der Waals surface area contributed by atoms with Gasteiger partial charge >= 0.3 is 127 Å². The van der Waals surface area contributed by atoms with E-state index >= 15 is 0 Å². The van der Waals surface area contributed by atoms with Crippen LogP contribution in [-0.2, 0) is 38.2 Å². The average molecular weight is 482 g/mol. The summed E-state index contributed by atoms with van der Waals surface area (Å²) in [4.78, 5) is 66.6. The largest absolute Gasteiger partial charge is 1.00 e. The minimum Gasteiger partial charge on any atom is -0.548 e. The Kier molecular flexibility index (Phi) is 22.0. The van der Waals surface area contributed by atoms with Gasteiger partial charge in [-0.2, -0.15) is 0 Å². The minimum absolute atomic E-state index is 0. The summed E-state index contributed by atoms with van der Waals surface area (Å²) in [5, 5.41) is 20.8. The standard InChI is InChI=1S/C15H23N3O10.2K/c16-7(13(22)23)1-4-10(19)27-11(20)6-3-9(18)15(26)28-12(21)5-2-8(17)14(24)25;;/h7-9H,1-6,16-18H2,(H,22,23)(H,24,25);;/q;2*+1/p-2/t7-,8-,9-;;/m0../s1. The fourth-order valence-electron chi connectivity index (χ4n) is 1.64. The summed E-state index contributed by atoms with van der Waals surface area (Å²) >= 11 is 0. The van der Waals surface area contributed by atoms with Gasteiger partial charge in [0.05, 0.1) is 11.9 Å². The number of hydrogen-bond donors (Lipinski definition) is 3. The molecule has 0 amide bonds. The molecule has 15 heteroatoms. The zero-order valence-electron chi connectivity index (χ0n) is 16.8. The maximum atomic E-state index is 11.6. The van der Waals surface area contributed by atoms with E-state index in [1.807, 2.05) is 0 Å². The van der Waals surface area contributed by atoms with Crippen molar-refractivity contribution in [2.24, 2.45) is 17.2 Å². The average Bonchev–Trinajstić information content (AvgIpc) is 2.61. The molecule has 0 aromatic carbocycles. The second kappa shape index (κ2) is 18.9. The first-order valence-electron chi connectivity index (χ1n) is 8.10. The maximum absolute atomic E-state index is 11.6. The van der Waals surface area contributed by atoms with E-state index in [0.717, 1.165) is 0 Å². The van der Waals surface area contributed by atoms with Crippen LogP contribution < -0.4 is 130 Å². The van der Waals surface area contributed by atoms with Crippen molar-refractivity contribution in [3.63, 3.8) is 0 Å². The van der Waals surface area contributed by atoms with Crippen LogP contribution >= 0.6 is 0 Å². The van der Waals surface area contributed by atoms with E-state index in [1.54, 1.807) is 0 Å². The fourth-order valence-corrected chi connectivity index (χ4v) is 1.64. The zero-order chi connectivity index (χ0) is 21.9. The Hall–Kier alpha value is 0.373. The predicted octanol–water partition coefficient (Wildman–Crippen LogP) is -11.0. The van der Waals surface area contributed by atoms with Crippen LogP contribution in [0, 0.1) is 0 Å². The van der Waals surface area contributed by atoms with Crippen LogP contribution in [0.25, 0.3) is 0 Å². The van der Waals surface area contributed by atoms with Crippen LogP contribution in [0.2, 0.25) is 0 Å². The Morgan fingerprint density at radius 1 is 0.600 bits per heavy atom. The summed E-state index contributed by atoms with van der Waals surface area (Å²) in [5.74, 6) is -7.38. The van der Waals surface area contributed by atoms with E-state index in [1.165, 1.54) is 0 Å². The van der Waals surface area contributed by atoms with Gasteiger partial charge in [0.15, 0.2) is 0 Å². The zero-order valence-corrected chi connectivity index (χ0v) is 23.0. The number of nitrogens with two attached hydrogens (primary N) is 3. The van der Waals surface area contributed by atoms with Crippen molar-refractivity contribution in [1.29, 1.82) is 0 Å². The second-order valence-corrected chi connectivity index (χ2v) is 5.71. The van der Waals surface area contributed by atoms with Gasteiger partial charge in [-0.3, -0.25) is 14.4 Å². The Bertz CT molecular complexity index is 632. The van der Waals surface area contributed by atoms with E-state index in [-0.39, 0.29) is 122 Å². The third-order valence-corrected chi connectivity index (χ3v) is 3.33. The van der Waals surface area contributed by atoms with E-state index in [4.69, 9.17) is 17.2 Å². The summed E-state index contributed by atoms with van der Waals surface area (Å²) in [6.45, 7) is 0. The molecule has 0 aliphatic rings. The smallest absolute Gasteiger partial charge is 0.548 e. The summed E-state index contributed by atoms with van der Waals surface area (Å²) in [6.07, 6.45) is -2.26. The molecule has 3 atom stereocenters. The van der Waals surface area contributed by atoms with Crippen LogP contribution in [0.15, 0.2) is 0 Å². The number of hydrogen-bond acceptors (Lipinski definition) is 13. The maximum Gasteiger partial charge on any atom is 1.00 e. The van der Waals surface area contributed by atoms with Gasteiger partial charge < -0.3 is 46.5 Å². The molecule has 0 aliphatic heterocycles. The molecule has 0 bridgehead atoms. The van der Waals surface area contributed by atoms with Gasteiger partial charge in [0.2, 0.25) is 0 Å². The third kappa shape index (κ3) is 17.0. The van der Waals surface area contributed by atoms with Gasteiger partial charge in [-0.1, -0.05) is 0 Å². The van der Waals surface area contributed by atoms with E-state index in [0.29, 0.717) is 0 Å². The molecule has 13 nitrogen and oxygen atoms in total. The first-order valence-corrected chi connectivity index (χ1v) is 8.10. The van der Waals surface area contributed by atoms with Gasteiger partial charge in [-0.25, -0.2) is 4.79 Å². The second-order valence-electron chi connectivity index (χ2n) is 5.71. The van der Waals surface area contributed by atoms with Crippen LogP contribution in [0.1, 0.15) is 38.5 Å². The number of esters is 4. The molecule has 0 aromatic heterocycles. The molecule has 0 fully saturated rings. The summed E-state index contributed by atoms with van der Waals surface area (Å²) in [6, 6.07) is -4.16. The SMILES string of the molecule is N[C@@H](CCC(=O)OC(=O)CC[C@H](N)C(=O)OC(=O)CC[C@H](N)C(=O)[O-])C(=O)[O-].[K+].[K+]. The minimum atomic E-state index is -1.56. The fraction of sp³-hybridized carbons (Fsp3) is 0.600. The summed E-state index contributed by atoms with van der Waals surface area (Å²) in [5.41, 5.74) is 15.7. The number of aliphatic carboxylic acids is 2. The van der Waals surface area contributed by atoms with Crippen LogP contribution in [0.4, 0.5) is 0 Å². The first kappa shape index (κ1) is 35.0. The topological polar surface area (TPSA) is 245 Å². The Morgan fingerprint density at radius 2 is 0.900 bits per heavy atom. The monoisotopic (exact) mass is 481 g/mol. The quantitative estimate of drug-likeness (QED) is 0.133. The Labute approximate surface area is 256 Å². The van der Waals surface area contributed by atoms with Crippen molar-refractivity contribution in [2.75, 3.05) is 0 Å². The van der Waals surface area contributed by atoms with Gasteiger partial charge in [-0.05, 0) is 19.3 Å². The summed E-state index contributed by atoms with van der Waals surface area (Å²) < 4.78 is 8.76.